The van der Waals surface area contributed by atoms with E-state index in [1.54, 1.807) is 6.08 Å². The van der Waals surface area contributed by atoms with Gasteiger partial charge in [-0.15, -0.1) is 0 Å². The van der Waals surface area contributed by atoms with Gasteiger partial charge in [0.05, 0.1) is 0 Å². The minimum Gasteiger partial charge on any atom is -0.417 e. The van der Waals surface area contributed by atoms with Gasteiger partial charge in [0, 0.05) is 18.4 Å². The van der Waals surface area contributed by atoms with Crippen LogP contribution in [-0.4, -0.2) is 20.7 Å². The van der Waals surface area contributed by atoms with Crippen molar-refractivity contribution in [1.29, 1.82) is 0 Å². The van der Waals surface area contributed by atoms with Crippen molar-refractivity contribution in [2.75, 3.05) is 6.61 Å². The second-order valence-corrected chi connectivity index (χ2v) is 11.9. The van der Waals surface area contributed by atoms with Crippen LogP contribution in [0.2, 0.25) is 18.1 Å². The second kappa shape index (κ2) is 5.76. The molecule has 0 aromatic rings. The molecule has 0 aliphatic heterocycles. The predicted octanol–water partition coefficient (Wildman–Crippen LogP) is 4.35. The first-order valence-electron chi connectivity index (χ1n) is 7.10. The molecule has 1 aliphatic carbocycles. The molecule has 0 heterocycles. The summed E-state index contributed by atoms with van der Waals surface area (Å²) in [5.41, 5.74) is 1.12. The van der Waals surface area contributed by atoms with E-state index in [0.717, 1.165) is 18.6 Å². The number of rotatable bonds is 5. The van der Waals surface area contributed by atoms with E-state index in [4.69, 9.17) is 4.43 Å². The van der Waals surface area contributed by atoms with Crippen LogP contribution >= 0.6 is 0 Å². The normalized spacial score (nSPS) is 24.0. The van der Waals surface area contributed by atoms with Crippen molar-refractivity contribution in [1.82, 2.24) is 0 Å². The molecule has 3 heteroatoms. The maximum absolute atomic E-state index is 11.5. The number of allylic oxidation sites excluding steroid dienone is 2. The third-order valence-electron chi connectivity index (χ3n) is 4.62. The van der Waals surface area contributed by atoms with E-state index in [0.29, 0.717) is 0 Å². The largest absolute Gasteiger partial charge is 0.417 e. The van der Waals surface area contributed by atoms with Crippen molar-refractivity contribution in [3.05, 3.63) is 24.3 Å². The molecule has 0 amide bonds. The molecule has 0 fully saturated rings. The fraction of sp³-hybridized carbons (Fsp3) is 0.688. The van der Waals surface area contributed by atoms with Crippen molar-refractivity contribution < 1.29 is 9.22 Å². The van der Waals surface area contributed by atoms with Crippen molar-refractivity contribution in [3.63, 3.8) is 0 Å². The van der Waals surface area contributed by atoms with Crippen LogP contribution in [0.3, 0.4) is 0 Å². The van der Waals surface area contributed by atoms with Crippen LogP contribution in [0, 0.1) is 11.8 Å². The maximum atomic E-state index is 11.5. The van der Waals surface area contributed by atoms with Crippen LogP contribution < -0.4 is 0 Å². The average Bonchev–Trinajstić information content (AvgIpc) is 2.57. The Bertz CT molecular complexity index is 388. The molecule has 0 unspecified atom stereocenters. The summed E-state index contributed by atoms with van der Waals surface area (Å²) in [5.74, 6) is 0.479. The van der Waals surface area contributed by atoms with Gasteiger partial charge in [0.1, 0.15) is 0 Å². The van der Waals surface area contributed by atoms with Gasteiger partial charge in [-0.25, -0.2) is 0 Å². The van der Waals surface area contributed by atoms with Gasteiger partial charge in [0.2, 0.25) is 0 Å². The van der Waals surface area contributed by atoms with Crippen LogP contribution in [0.4, 0.5) is 0 Å². The zero-order valence-electron chi connectivity index (χ0n) is 13.2. The topological polar surface area (TPSA) is 26.3 Å². The summed E-state index contributed by atoms with van der Waals surface area (Å²) in [6, 6.07) is 0. The molecule has 19 heavy (non-hydrogen) atoms. The van der Waals surface area contributed by atoms with Crippen molar-refractivity contribution in [2.24, 2.45) is 11.8 Å². The van der Waals surface area contributed by atoms with Gasteiger partial charge in [0.15, 0.2) is 14.1 Å². The molecular weight excluding hydrogens is 252 g/mol. The number of hydrogen-bond acceptors (Lipinski definition) is 2. The summed E-state index contributed by atoms with van der Waals surface area (Å²) in [6.07, 6.45) is 4.52. The lowest BCUT2D eigenvalue weighted by Crippen LogP contribution is -2.41. The predicted molar refractivity (Wildman–Crippen MR) is 83.7 cm³/mol. The quantitative estimate of drug-likeness (QED) is 0.553. The number of hydrogen-bond donors (Lipinski definition) is 0. The van der Waals surface area contributed by atoms with E-state index in [-0.39, 0.29) is 22.7 Å². The van der Waals surface area contributed by atoms with E-state index in [1.807, 2.05) is 13.0 Å². The monoisotopic (exact) mass is 280 g/mol. The molecule has 108 valence electrons. The van der Waals surface area contributed by atoms with Crippen molar-refractivity contribution >= 4 is 14.1 Å². The van der Waals surface area contributed by atoms with Gasteiger partial charge in [0.25, 0.3) is 0 Å². The summed E-state index contributed by atoms with van der Waals surface area (Å²) in [6.45, 7) is 18.1. The molecule has 1 rings (SSSR count). The van der Waals surface area contributed by atoms with Crippen LogP contribution in [0.5, 0.6) is 0 Å². The fourth-order valence-corrected chi connectivity index (χ4v) is 3.05. The Morgan fingerprint density at radius 1 is 1.42 bits per heavy atom. The van der Waals surface area contributed by atoms with E-state index >= 15 is 0 Å². The summed E-state index contributed by atoms with van der Waals surface area (Å²) in [7, 11) is -1.67. The molecule has 0 N–H and O–H groups in total. The third-order valence-corrected chi connectivity index (χ3v) is 9.16. The van der Waals surface area contributed by atoms with Gasteiger partial charge < -0.3 is 4.43 Å². The third kappa shape index (κ3) is 3.89. The molecule has 0 aromatic carbocycles. The Balaban J connectivity index is 2.45. The summed E-state index contributed by atoms with van der Waals surface area (Å²) < 4.78 is 6.16. The Morgan fingerprint density at radius 3 is 2.42 bits per heavy atom. The average molecular weight is 280 g/mol. The van der Waals surface area contributed by atoms with Crippen LogP contribution in [-0.2, 0) is 9.22 Å². The summed E-state index contributed by atoms with van der Waals surface area (Å²) >= 11 is 0. The van der Waals surface area contributed by atoms with Crippen LogP contribution in [0.1, 0.15) is 34.1 Å². The summed E-state index contributed by atoms with van der Waals surface area (Å²) in [4.78, 5) is 11.5. The smallest absolute Gasteiger partial charge is 0.191 e. The number of carbonyl (C=O) groups excluding carboxylic acids is 1. The minimum absolute atomic E-state index is 0.0559. The van der Waals surface area contributed by atoms with Gasteiger partial charge in [-0.05, 0) is 30.6 Å². The maximum Gasteiger partial charge on any atom is 0.191 e. The van der Waals surface area contributed by atoms with Crippen molar-refractivity contribution in [3.8, 4) is 0 Å². The molecule has 0 aromatic heterocycles. The van der Waals surface area contributed by atoms with Gasteiger partial charge in [-0.2, -0.15) is 0 Å². The van der Waals surface area contributed by atoms with E-state index in [9.17, 15) is 4.79 Å². The molecule has 0 spiro atoms. The fourth-order valence-electron chi connectivity index (χ4n) is 2.00. The number of ketones is 1. The van der Waals surface area contributed by atoms with Gasteiger partial charge in [-0.3, -0.25) is 4.79 Å². The molecule has 1 aliphatic rings. The molecule has 0 bridgehead atoms. The second-order valence-electron chi connectivity index (χ2n) is 7.09. The zero-order chi connectivity index (χ0) is 14.8. The SMILES string of the molecule is C=C(CCO[Si](C)(C)C(C)(C)C)[C@@H]1C=CC(=O)[C@H]1C. The number of carbonyl (C=O) groups is 1. The van der Waals surface area contributed by atoms with Crippen molar-refractivity contribution in [2.45, 2.75) is 52.2 Å². The Morgan fingerprint density at radius 2 is 2.00 bits per heavy atom. The highest BCUT2D eigenvalue weighted by atomic mass is 28.4. The summed E-state index contributed by atoms with van der Waals surface area (Å²) in [5, 5.41) is 0.241. The minimum atomic E-state index is -1.67. The van der Waals surface area contributed by atoms with Gasteiger partial charge >= 0.3 is 0 Å². The molecule has 2 atom stereocenters. The molecular formula is C16H28O2Si. The Hall–Kier alpha value is -0.673. The van der Waals surface area contributed by atoms with Crippen LogP contribution in [0.25, 0.3) is 0 Å². The lowest BCUT2D eigenvalue weighted by Gasteiger charge is -2.36. The van der Waals surface area contributed by atoms with Gasteiger partial charge in [-0.1, -0.05) is 45.9 Å². The Labute approximate surface area is 119 Å². The first-order valence-corrected chi connectivity index (χ1v) is 10.0. The van der Waals surface area contributed by atoms with E-state index in [1.165, 1.54) is 0 Å². The molecule has 2 nitrogen and oxygen atoms in total. The first-order chi connectivity index (χ1) is 8.56. The first kappa shape index (κ1) is 16.4. The lowest BCUT2D eigenvalue weighted by molar-refractivity contribution is -0.117. The van der Waals surface area contributed by atoms with E-state index < -0.39 is 8.32 Å². The highest BCUT2D eigenvalue weighted by molar-refractivity contribution is 6.74. The zero-order valence-corrected chi connectivity index (χ0v) is 14.2. The standard InChI is InChI=1S/C16H28O2Si/c1-12(14-8-9-15(17)13(14)2)10-11-18-19(6,7)16(3,4)5/h8-9,13-14H,1,10-11H2,2-7H3/t13-,14-/m0/s1. The highest BCUT2D eigenvalue weighted by Crippen LogP contribution is 2.37. The highest BCUT2D eigenvalue weighted by Gasteiger charge is 2.37. The lowest BCUT2D eigenvalue weighted by atomic mass is 9.89. The molecule has 0 saturated heterocycles. The van der Waals surface area contributed by atoms with Crippen LogP contribution in [0.15, 0.2) is 24.3 Å². The Kier molecular flexibility index (Phi) is 4.96. The molecule has 0 saturated carbocycles. The van der Waals surface area contributed by atoms with E-state index in [2.05, 4.69) is 40.4 Å². The molecule has 0 radical (unpaired) electrons.